The fourth-order valence-corrected chi connectivity index (χ4v) is 4.97. The summed E-state index contributed by atoms with van der Waals surface area (Å²) in [7, 11) is 1.45. The Balaban J connectivity index is 1.67. The second-order valence-electron chi connectivity index (χ2n) is 8.01. The number of hydrogen-bond donors (Lipinski definition) is 1. The molecule has 1 heterocycles. The van der Waals surface area contributed by atoms with E-state index in [4.69, 9.17) is 9.47 Å². The van der Waals surface area contributed by atoms with Crippen molar-refractivity contribution in [1.29, 1.82) is 0 Å². The fraction of sp³-hybridized carbons (Fsp3) is 0.0800. The molecule has 0 atom stereocenters. The van der Waals surface area contributed by atoms with Crippen LogP contribution in [0, 0.1) is 10.1 Å². The summed E-state index contributed by atoms with van der Waals surface area (Å²) in [4.78, 5) is 49.2. The molecular weight excluding hydrogens is 671 g/mol. The van der Waals surface area contributed by atoms with E-state index in [1.165, 1.54) is 49.6 Å². The Morgan fingerprint density at radius 2 is 1.62 bits per heavy atom. The molecule has 1 saturated heterocycles. The molecule has 15 heteroatoms. The molecule has 10 nitrogen and oxygen atoms in total. The first-order valence-electron chi connectivity index (χ1n) is 10.9. The Morgan fingerprint density at radius 1 is 1.00 bits per heavy atom. The van der Waals surface area contributed by atoms with Crippen molar-refractivity contribution in [2.75, 3.05) is 12.0 Å². The maximum Gasteiger partial charge on any atom is 0.416 e. The number of ether oxygens (including phenoxy) is 2. The molecule has 1 fully saturated rings. The highest BCUT2D eigenvalue weighted by atomic mass is 79.9. The van der Waals surface area contributed by atoms with E-state index in [1.807, 2.05) is 0 Å². The summed E-state index contributed by atoms with van der Waals surface area (Å²) in [5, 5.41) is 13.5. The van der Waals surface area contributed by atoms with Gasteiger partial charge < -0.3 is 9.47 Å². The molecule has 0 spiro atoms. The van der Waals surface area contributed by atoms with E-state index in [-0.39, 0.29) is 31.5 Å². The Labute approximate surface area is 239 Å². The standard InChI is InChI=1S/C25H14Br2F3N3O7/c1-39-15-5-3-14(4-6-15)32-23(35)16(22(34)31-24(32)36)8-12-9-17(26)21(18(27)10-12)40-20-7-2-13(25(28,29)30)11-19(20)33(37)38/h2-11H,1H3,(H,31,34,36)/b16-8+. The van der Waals surface area contributed by atoms with Crippen LogP contribution in [0.15, 0.2) is 69.1 Å². The van der Waals surface area contributed by atoms with Gasteiger partial charge in [0.25, 0.3) is 11.8 Å². The van der Waals surface area contributed by atoms with Crippen molar-refractivity contribution in [1.82, 2.24) is 5.32 Å². The number of amides is 4. The molecule has 1 aliphatic rings. The third kappa shape index (κ3) is 5.84. The number of anilines is 1. The molecule has 40 heavy (non-hydrogen) atoms. The van der Waals surface area contributed by atoms with Crippen LogP contribution in [0.4, 0.5) is 29.3 Å². The number of hydrogen-bond acceptors (Lipinski definition) is 7. The largest absolute Gasteiger partial charge is 0.497 e. The zero-order valence-electron chi connectivity index (χ0n) is 19.9. The molecule has 0 aromatic heterocycles. The van der Waals surface area contributed by atoms with Crippen LogP contribution in [0.2, 0.25) is 0 Å². The van der Waals surface area contributed by atoms with E-state index in [0.29, 0.717) is 17.9 Å². The first-order valence-corrected chi connectivity index (χ1v) is 12.5. The number of barbiturate groups is 1. The molecule has 206 valence electrons. The third-order valence-electron chi connectivity index (χ3n) is 5.46. The van der Waals surface area contributed by atoms with Crippen LogP contribution in [0.5, 0.6) is 17.2 Å². The highest BCUT2D eigenvalue weighted by Gasteiger charge is 2.37. The van der Waals surface area contributed by atoms with Gasteiger partial charge in [0.15, 0.2) is 5.75 Å². The number of rotatable bonds is 6. The molecule has 4 amide bonds. The van der Waals surface area contributed by atoms with Gasteiger partial charge in [-0.1, -0.05) is 0 Å². The predicted molar refractivity (Wildman–Crippen MR) is 142 cm³/mol. The second kappa shape index (κ2) is 11.1. The van der Waals surface area contributed by atoms with Gasteiger partial charge in [-0.25, -0.2) is 9.69 Å². The zero-order valence-corrected chi connectivity index (χ0v) is 23.1. The normalized spacial score (nSPS) is 14.8. The van der Waals surface area contributed by atoms with Crippen LogP contribution >= 0.6 is 31.9 Å². The molecule has 0 radical (unpaired) electrons. The predicted octanol–water partition coefficient (Wildman–Crippen LogP) is 6.61. The van der Waals surface area contributed by atoms with Crippen LogP contribution in [0.1, 0.15) is 11.1 Å². The second-order valence-corrected chi connectivity index (χ2v) is 9.72. The number of nitrogens with zero attached hydrogens (tertiary/aromatic N) is 2. The van der Waals surface area contributed by atoms with E-state index in [2.05, 4.69) is 37.2 Å². The van der Waals surface area contributed by atoms with Crippen molar-refractivity contribution in [3.05, 3.63) is 90.4 Å². The molecule has 3 aromatic rings. The van der Waals surface area contributed by atoms with Crippen LogP contribution in [-0.2, 0) is 15.8 Å². The Hall–Kier alpha value is -4.24. The summed E-state index contributed by atoms with van der Waals surface area (Å²) in [6.45, 7) is 0. The van der Waals surface area contributed by atoms with Gasteiger partial charge >= 0.3 is 17.9 Å². The number of benzene rings is 3. The van der Waals surface area contributed by atoms with E-state index in [9.17, 15) is 37.7 Å². The van der Waals surface area contributed by atoms with Gasteiger partial charge in [0.2, 0.25) is 5.75 Å². The molecule has 4 rings (SSSR count). The van der Waals surface area contributed by atoms with Gasteiger partial charge in [0, 0.05) is 6.07 Å². The summed E-state index contributed by atoms with van der Waals surface area (Å²) < 4.78 is 50.0. The van der Waals surface area contributed by atoms with Gasteiger partial charge in [-0.15, -0.1) is 0 Å². The molecule has 0 saturated carbocycles. The lowest BCUT2D eigenvalue weighted by Crippen LogP contribution is -2.54. The monoisotopic (exact) mass is 683 g/mol. The first kappa shape index (κ1) is 28.8. The van der Waals surface area contributed by atoms with Crippen molar-refractivity contribution >= 4 is 67.2 Å². The number of halogens is 5. The summed E-state index contributed by atoms with van der Waals surface area (Å²) in [5.74, 6) is -1.83. The number of alkyl halides is 3. The third-order valence-corrected chi connectivity index (χ3v) is 6.64. The number of nitro groups is 1. The topological polar surface area (TPSA) is 128 Å². The van der Waals surface area contributed by atoms with Crippen molar-refractivity contribution in [2.24, 2.45) is 0 Å². The molecule has 0 aliphatic carbocycles. The molecule has 0 bridgehead atoms. The lowest BCUT2D eigenvalue weighted by Gasteiger charge is -2.26. The average Bonchev–Trinajstić information content (AvgIpc) is 2.88. The molecular formula is C25H14Br2F3N3O7. The Morgan fingerprint density at radius 3 is 2.17 bits per heavy atom. The summed E-state index contributed by atoms with van der Waals surface area (Å²) in [6, 6.07) is 9.67. The number of carbonyl (C=O) groups excluding carboxylic acids is 3. The smallest absolute Gasteiger partial charge is 0.416 e. The van der Waals surface area contributed by atoms with Crippen molar-refractivity contribution in [3.8, 4) is 17.2 Å². The SMILES string of the molecule is COc1ccc(N2C(=O)NC(=O)/C(=C\c3cc(Br)c(Oc4ccc(C(F)(F)F)cc4[N+](=O)[O-])c(Br)c3)C2=O)cc1. The van der Waals surface area contributed by atoms with Crippen LogP contribution in [0.3, 0.4) is 0 Å². The number of imide groups is 2. The average molecular weight is 685 g/mol. The van der Waals surface area contributed by atoms with Gasteiger partial charge in [0.05, 0.1) is 32.2 Å². The zero-order chi connectivity index (χ0) is 29.4. The number of methoxy groups -OCH3 is 1. The summed E-state index contributed by atoms with van der Waals surface area (Å²) in [5.41, 5.74) is -2.04. The fourth-order valence-electron chi connectivity index (χ4n) is 3.58. The van der Waals surface area contributed by atoms with Gasteiger partial charge in [-0.3, -0.25) is 25.0 Å². The summed E-state index contributed by atoms with van der Waals surface area (Å²) >= 11 is 6.47. The Kier molecular flexibility index (Phi) is 7.98. The summed E-state index contributed by atoms with van der Waals surface area (Å²) in [6.07, 6.45) is -3.59. The number of urea groups is 1. The van der Waals surface area contributed by atoms with Crippen molar-refractivity contribution < 1.29 is 42.0 Å². The molecule has 1 N–H and O–H groups in total. The highest BCUT2D eigenvalue weighted by molar-refractivity contribution is 9.11. The van der Waals surface area contributed by atoms with Crippen LogP contribution in [0.25, 0.3) is 6.08 Å². The highest BCUT2D eigenvalue weighted by Crippen LogP contribution is 2.43. The maximum atomic E-state index is 13.1. The first-order chi connectivity index (χ1) is 18.8. The van der Waals surface area contributed by atoms with Crippen LogP contribution in [-0.4, -0.2) is 29.9 Å². The minimum atomic E-state index is -4.80. The van der Waals surface area contributed by atoms with Gasteiger partial charge in [-0.2, -0.15) is 13.2 Å². The molecule has 3 aromatic carbocycles. The lowest BCUT2D eigenvalue weighted by molar-refractivity contribution is -0.385. The lowest BCUT2D eigenvalue weighted by atomic mass is 10.1. The van der Waals surface area contributed by atoms with Gasteiger partial charge in [-0.05, 0) is 92.0 Å². The Bertz CT molecular complexity index is 1570. The van der Waals surface area contributed by atoms with Crippen LogP contribution < -0.4 is 19.7 Å². The molecule has 0 unspecified atom stereocenters. The number of nitro benzene ring substituents is 1. The van der Waals surface area contributed by atoms with E-state index >= 15 is 0 Å². The number of nitrogens with one attached hydrogen (secondary N) is 1. The van der Waals surface area contributed by atoms with Crippen molar-refractivity contribution in [2.45, 2.75) is 6.18 Å². The molecule has 1 aliphatic heterocycles. The maximum absolute atomic E-state index is 13.1. The van der Waals surface area contributed by atoms with Gasteiger partial charge in [0.1, 0.15) is 11.3 Å². The minimum Gasteiger partial charge on any atom is -0.497 e. The van der Waals surface area contributed by atoms with E-state index < -0.39 is 45.9 Å². The van der Waals surface area contributed by atoms with E-state index in [0.717, 1.165) is 11.0 Å². The van der Waals surface area contributed by atoms with Crippen molar-refractivity contribution in [3.63, 3.8) is 0 Å². The number of carbonyl (C=O) groups is 3. The van der Waals surface area contributed by atoms with E-state index in [1.54, 1.807) is 0 Å². The quantitative estimate of drug-likeness (QED) is 0.134. The minimum absolute atomic E-state index is 0.0283.